The number of rotatable bonds is 6. The molecule has 29 heavy (non-hydrogen) atoms. The highest BCUT2D eigenvalue weighted by Crippen LogP contribution is 2.68. The van der Waals surface area contributed by atoms with Crippen molar-refractivity contribution in [3.05, 3.63) is 0 Å². The monoisotopic (exact) mass is 404 g/mol. The van der Waals surface area contributed by atoms with E-state index in [0.717, 1.165) is 32.1 Å². The van der Waals surface area contributed by atoms with Crippen LogP contribution in [0, 0.1) is 46.3 Å². The maximum absolute atomic E-state index is 14.0. The average Bonchev–Trinajstić information content (AvgIpc) is 3.11. The van der Waals surface area contributed by atoms with Gasteiger partial charge in [0.05, 0.1) is 12.2 Å². The molecule has 0 saturated heterocycles. The minimum absolute atomic E-state index is 0.00841. The molecule has 164 valence electrons. The van der Waals surface area contributed by atoms with Crippen LogP contribution in [0.4, 0.5) is 0 Å². The molecule has 0 aliphatic heterocycles. The Morgan fingerprint density at radius 1 is 1.17 bits per heavy atom. The summed E-state index contributed by atoms with van der Waals surface area (Å²) in [6, 6.07) is 0. The van der Waals surface area contributed by atoms with E-state index < -0.39 is 5.41 Å². The van der Waals surface area contributed by atoms with Crippen molar-refractivity contribution in [1.29, 1.82) is 0 Å². The molecule has 0 spiro atoms. The number of terminal acetylenes is 1. The number of hydrogen-bond donors (Lipinski definition) is 0. The first-order valence-corrected chi connectivity index (χ1v) is 11.3. The minimum Gasteiger partial charge on any atom is -0.381 e. The number of ketones is 1. The molecule has 0 radical (unpaired) electrons. The van der Waals surface area contributed by atoms with Gasteiger partial charge in [0.1, 0.15) is 12.6 Å². The lowest BCUT2D eigenvalue weighted by Gasteiger charge is -2.62. The molecular weight excluding hydrogens is 364 g/mol. The van der Waals surface area contributed by atoms with Crippen molar-refractivity contribution in [1.82, 2.24) is 0 Å². The van der Waals surface area contributed by atoms with Gasteiger partial charge in [0, 0.05) is 37.4 Å². The molecular formula is C25H40O4. The van der Waals surface area contributed by atoms with E-state index in [0.29, 0.717) is 30.5 Å². The number of ether oxygens (including phenoxy) is 3. The maximum atomic E-state index is 14.0. The Morgan fingerprint density at radius 2 is 1.86 bits per heavy atom. The van der Waals surface area contributed by atoms with Crippen molar-refractivity contribution >= 4 is 5.78 Å². The molecule has 8 atom stereocenters. The molecule has 0 aromatic rings. The Bertz CT molecular complexity index is 654. The van der Waals surface area contributed by atoms with Crippen molar-refractivity contribution in [3.63, 3.8) is 0 Å². The van der Waals surface area contributed by atoms with Crippen LogP contribution in [0.25, 0.3) is 0 Å². The first-order valence-electron chi connectivity index (χ1n) is 11.3. The maximum Gasteiger partial charge on any atom is 0.146 e. The molecule has 0 amide bonds. The van der Waals surface area contributed by atoms with Crippen LogP contribution in [-0.2, 0) is 19.0 Å². The first kappa shape index (κ1) is 22.8. The van der Waals surface area contributed by atoms with Gasteiger partial charge in [0.15, 0.2) is 0 Å². The largest absolute Gasteiger partial charge is 0.381 e. The fourth-order valence-electron chi connectivity index (χ4n) is 7.46. The third-order valence-electron chi connectivity index (χ3n) is 9.35. The second kappa shape index (κ2) is 8.33. The highest BCUT2D eigenvalue weighted by atomic mass is 16.7. The van der Waals surface area contributed by atoms with Gasteiger partial charge in [-0.25, -0.2) is 0 Å². The standard InChI is InChI=1S/C25H40O4/c1-8-9-12-23(4)15-20(29-16-27-6)24(5)17(2)10-13-25(18(3)22(23)26)14-11-19(28-7)21(24)25/h1,17-21H,9-16H2,2-7H3/t17-,18+,19-,20?,21?,23-,24+,25?/m1/s1. The number of methoxy groups -OCH3 is 2. The summed E-state index contributed by atoms with van der Waals surface area (Å²) >= 11 is 0. The minimum atomic E-state index is -0.467. The van der Waals surface area contributed by atoms with E-state index in [-0.39, 0.29) is 35.7 Å². The molecule has 4 nitrogen and oxygen atoms in total. The zero-order chi connectivity index (χ0) is 21.4. The Labute approximate surface area is 177 Å². The second-order valence-corrected chi connectivity index (χ2v) is 10.4. The predicted octanol–water partition coefficient (Wildman–Crippen LogP) is 4.85. The van der Waals surface area contributed by atoms with Crippen LogP contribution < -0.4 is 0 Å². The van der Waals surface area contributed by atoms with Crippen LogP contribution in [0.5, 0.6) is 0 Å². The molecule has 3 fully saturated rings. The number of carbonyl (C=O) groups excluding carboxylic acids is 1. The lowest BCUT2D eigenvalue weighted by atomic mass is 9.43. The molecule has 0 aromatic carbocycles. The van der Waals surface area contributed by atoms with Crippen LogP contribution in [-0.4, -0.2) is 39.0 Å². The Morgan fingerprint density at radius 3 is 2.48 bits per heavy atom. The van der Waals surface area contributed by atoms with Crippen LogP contribution >= 0.6 is 0 Å². The molecule has 3 saturated carbocycles. The molecule has 0 aromatic heterocycles. The molecule has 3 aliphatic carbocycles. The number of Topliss-reactive ketones (excluding diaryl/α,β-unsaturated/α-hetero) is 1. The van der Waals surface area contributed by atoms with Gasteiger partial charge in [-0.05, 0) is 55.8 Å². The zero-order valence-electron chi connectivity index (χ0n) is 19.3. The van der Waals surface area contributed by atoms with E-state index in [1.54, 1.807) is 7.11 Å². The summed E-state index contributed by atoms with van der Waals surface area (Å²) < 4.78 is 17.8. The quantitative estimate of drug-likeness (QED) is 0.469. The van der Waals surface area contributed by atoms with Gasteiger partial charge in [-0.3, -0.25) is 4.79 Å². The third-order valence-corrected chi connectivity index (χ3v) is 9.35. The summed E-state index contributed by atoms with van der Waals surface area (Å²) in [6.07, 6.45) is 12.1. The third kappa shape index (κ3) is 3.38. The molecule has 4 heteroatoms. The van der Waals surface area contributed by atoms with Crippen LogP contribution in [0.15, 0.2) is 0 Å². The van der Waals surface area contributed by atoms with Gasteiger partial charge in [0.25, 0.3) is 0 Å². The van der Waals surface area contributed by atoms with Gasteiger partial charge in [-0.1, -0.05) is 27.7 Å². The van der Waals surface area contributed by atoms with E-state index in [4.69, 9.17) is 20.6 Å². The summed E-state index contributed by atoms with van der Waals surface area (Å²) in [4.78, 5) is 14.0. The highest BCUT2D eigenvalue weighted by Gasteiger charge is 2.68. The molecule has 3 aliphatic rings. The van der Waals surface area contributed by atoms with E-state index in [1.807, 2.05) is 7.11 Å². The fraction of sp³-hybridized carbons (Fsp3) is 0.880. The van der Waals surface area contributed by atoms with E-state index >= 15 is 0 Å². The van der Waals surface area contributed by atoms with Crippen molar-refractivity contribution in [2.45, 2.75) is 84.8 Å². The molecule has 3 rings (SSSR count). The molecule has 0 N–H and O–H groups in total. The van der Waals surface area contributed by atoms with Gasteiger partial charge in [0.2, 0.25) is 0 Å². The van der Waals surface area contributed by atoms with Gasteiger partial charge < -0.3 is 14.2 Å². The van der Waals surface area contributed by atoms with Crippen molar-refractivity contribution in [2.75, 3.05) is 21.0 Å². The van der Waals surface area contributed by atoms with Gasteiger partial charge >= 0.3 is 0 Å². The lowest BCUT2D eigenvalue weighted by molar-refractivity contribution is -0.220. The van der Waals surface area contributed by atoms with Gasteiger partial charge in [-0.2, -0.15) is 0 Å². The summed E-state index contributed by atoms with van der Waals surface area (Å²) in [5, 5.41) is 0. The SMILES string of the molecule is C#CCC[C@]1(C)CC(OCOC)[C@@]2(C)C3[C@H](OC)CCC3(CC[C@H]2C)[C@@H](C)C1=O. The van der Waals surface area contributed by atoms with E-state index in [1.165, 1.54) is 0 Å². The Balaban J connectivity index is 2.16. The average molecular weight is 405 g/mol. The second-order valence-electron chi connectivity index (χ2n) is 10.4. The van der Waals surface area contributed by atoms with Crippen molar-refractivity contribution in [2.24, 2.45) is 34.0 Å². The number of hydrogen-bond acceptors (Lipinski definition) is 4. The molecule has 3 unspecified atom stereocenters. The predicted molar refractivity (Wildman–Crippen MR) is 114 cm³/mol. The summed E-state index contributed by atoms with van der Waals surface area (Å²) in [7, 11) is 3.50. The summed E-state index contributed by atoms with van der Waals surface area (Å²) in [6.45, 7) is 9.33. The lowest BCUT2D eigenvalue weighted by Crippen LogP contribution is -2.63. The Hall–Kier alpha value is -0.890. The Kier molecular flexibility index (Phi) is 6.54. The smallest absolute Gasteiger partial charge is 0.146 e. The van der Waals surface area contributed by atoms with Crippen LogP contribution in [0.3, 0.4) is 0 Å². The van der Waals surface area contributed by atoms with Crippen LogP contribution in [0.2, 0.25) is 0 Å². The highest BCUT2D eigenvalue weighted by molar-refractivity contribution is 5.87. The topological polar surface area (TPSA) is 44.8 Å². The summed E-state index contributed by atoms with van der Waals surface area (Å²) in [5.74, 6) is 3.97. The first-order chi connectivity index (χ1) is 13.7. The molecule has 0 heterocycles. The normalized spacial score (nSPS) is 47.2. The van der Waals surface area contributed by atoms with Gasteiger partial charge in [-0.15, -0.1) is 12.3 Å². The molecule has 2 bridgehead atoms. The summed E-state index contributed by atoms with van der Waals surface area (Å²) in [5.41, 5.74) is -0.544. The van der Waals surface area contributed by atoms with E-state index in [9.17, 15) is 4.79 Å². The van der Waals surface area contributed by atoms with Crippen molar-refractivity contribution < 1.29 is 19.0 Å². The zero-order valence-corrected chi connectivity index (χ0v) is 19.3. The number of carbonyl (C=O) groups is 1. The van der Waals surface area contributed by atoms with Crippen molar-refractivity contribution in [3.8, 4) is 12.3 Å². The fourth-order valence-corrected chi connectivity index (χ4v) is 7.46. The van der Waals surface area contributed by atoms with Crippen LogP contribution in [0.1, 0.15) is 72.6 Å². The van der Waals surface area contributed by atoms with E-state index in [2.05, 4.69) is 33.6 Å².